The third-order valence-electron chi connectivity index (χ3n) is 5.59. The van der Waals surface area contributed by atoms with Crippen LogP contribution >= 0.6 is 35.0 Å². The molecule has 0 aliphatic heterocycles. The molecule has 0 spiro atoms. The molecule has 1 unspecified atom stereocenters. The standard InChI is InChI=1S/C29H24Cl2N2O2S/c1-18-8-6-9-19(2)26(18)33-29(35)27(20-10-4-3-5-11-20)36-23-13-7-12-22(17-23)32-28(34)24-15-14-21(30)16-25(24)31/h3-17,27H,1-2H3,(H,32,34)(H,33,35). The van der Waals surface area contributed by atoms with Crippen molar-refractivity contribution in [3.05, 3.63) is 123 Å². The molecule has 4 nitrogen and oxygen atoms in total. The molecule has 0 bridgehead atoms. The maximum absolute atomic E-state index is 13.5. The van der Waals surface area contributed by atoms with Gasteiger partial charge >= 0.3 is 0 Å². The Labute approximate surface area is 225 Å². The monoisotopic (exact) mass is 534 g/mol. The Morgan fingerprint density at radius 3 is 2.17 bits per heavy atom. The van der Waals surface area contributed by atoms with E-state index in [1.54, 1.807) is 18.2 Å². The van der Waals surface area contributed by atoms with E-state index < -0.39 is 5.25 Å². The molecule has 2 amide bonds. The minimum Gasteiger partial charge on any atom is -0.324 e. The molecule has 1 atom stereocenters. The second kappa shape index (κ2) is 11.7. The Hall–Kier alpha value is -3.25. The number of hydrogen-bond donors (Lipinski definition) is 2. The molecule has 7 heteroatoms. The minimum absolute atomic E-state index is 0.119. The van der Waals surface area contributed by atoms with Gasteiger partial charge in [0.25, 0.3) is 5.91 Å². The average Bonchev–Trinajstić information content (AvgIpc) is 2.85. The number of halogens is 2. The van der Waals surface area contributed by atoms with Crippen LogP contribution in [-0.4, -0.2) is 11.8 Å². The maximum Gasteiger partial charge on any atom is 0.257 e. The van der Waals surface area contributed by atoms with Crippen LogP contribution in [0.1, 0.15) is 32.3 Å². The summed E-state index contributed by atoms with van der Waals surface area (Å²) in [7, 11) is 0. The Morgan fingerprint density at radius 2 is 1.47 bits per heavy atom. The van der Waals surface area contributed by atoms with E-state index >= 15 is 0 Å². The predicted molar refractivity (Wildman–Crippen MR) is 150 cm³/mol. The fraction of sp³-hybridized carbons (Fsp3) is 0.103. The normalized spacial score (nSPS) is 11.6. The highest BCUT2D eigenvalue weighted by atomic mass is 35.5. The van der Waals surface area contributed by atoms with Gasteiger partial charge in [-0.1, -0.05) is 77.8 Å². The smallest absolute Gasteiger partial charge is 0.257 e. The second-order valence-corrected chi connectivity index (χ2v) is 10.3. The Balaban J connectivity index is 1.57. The summed E-state index contributed by atoms with van der Waals surface area (Å²) in [6.07, 6.45) is 0. The molecule has 0 aliphatic rings. The predicted octanol–water partition coefficient (Wildman–Crippen LogP) is 8.33. The zero-order valence-electron chi connectivity index (χ0n) is 19.7. The molecular formula is C29H24Cl2N2O2S. The zero-order valence-corrected chi connectivity index (χ0v) is 22.0. The lowest BCUT2D eigenvalue weighted by atomic mass is 10.1. The highest BCUT2D eigenvalue weighted by Crippen LogP contribution is 2.38. The Kier molecular flexibility index (Phi) is 8.36. The third-order valence-corrected chi connectivity index (χ3v) is 7.39. The first-order valence-corrected chi connectivity index (χ1v) is 12.9. The van der Waals surface area contributed by atoms with Crippen molar-refractivity contribution in [2.75, 3.05) is 10.6 Å². The van der Waals surface area contributed by atoms with E-state index in [0.717, 1.165) is 27.3 Å². The van der Waals surface area contributed by atoms with Gasteiger partial charge in [-0.3, -0.25) is 9.59 Å². The highest BCUT2D eigenvalue weighted by Gasteiger charge is 2.23. The van der Waals surface area contributed by atoms with Gasteiger partial charge in [-0.05, 0) is 66.9 Å². The number of carbonyl (C=O) groups is 2. The summed E-state index contributed by atoms with van der Waals surface area (Å²) >= 11 is 13.5. The van der Waals surface area contributed by atoms with Crippen molar-refractivity contribution in [1.82, 2.24) is 0 Å². The van der Waals surface area contributed by atoms with Gasteiger partial charge < -0.3 is 10.6 Å². The lowest BCUT2D eigenvalue weighted by Crippen LogP contribution is -2.20. The number of amides is 2. The van der Waals surface area contributed by atoms with E-state index in [-0.39, 0.29) is 16.8 Å². The number of anilines is 2. The first-order valence-electron chi connectivity index (χ1n) is 11.3. The third kappa shape index (κ3) is 6.30. The summed E-state index contributed by atoms with van der Waals surface area (Å²) in [5.41, 5.74) is 4.64. The Morgan fingerprint density at radius 1 is 0.778 bits per heavy atom. The molecular weight excluding hydrogens is 511 g/mol. The molecule has 0 saturated heterocycles. The van der Waals surface area contributed by atoms with Crippen molar-refractivity contribution in [2.24, 2.45) is 0 Å². The van der Waals surface area contributed by atoms with Crippen LogP contribution in [0.5, 0.6) is 0 Å². The zero-order chi connectivity index (χ0) is 25.7. The van der Waals surface area contributed by atoms with Crippen LogP contribution in [0.2, 0.25) is 10.0 Å². The first kappa shape index (κ1) is 25.8. The van der Waals surface area contributed by atoms with E-state index in [9.17, 15) is 9.59 Å². The van der Waals surface area contributed by atoms with E-state index in [0.29, 0.717) is 16.3 Å². The van der Waals surface area contributed by atoms with Crippen molar-refractivity contribution in [3.63, 3.8) is 0 Å². The SMILES string of the molecule is Cc1cccc(C)c1NC(=O)C(Sc1cccc(NC(=O)c2ccc(Cl)cc2Cl)c1)c1ccccc1. The van der Waals surface area contributed by atoms with Gasteiger partial charge in [-0.25, -0.2) is 0 Å². The van der Waals surface area contributed by atoms with Gasteiger partial charge in [0.1, 0.15) is 5.25 Å². The van der Waals surface area contributed by atoms with E-state index in [4.69, 9.17) is 23.2 Å². The summed E-state index contributed by atoms with van der Waals surface area (Å²) < 4.78 is 0. The largest absolute Gasteiger partial charge is 0.324 e. The molecule has 4 aromatic carbocycles. The van der Waals surface area contributed by atoms with Crippen LogP contribution in [-0.2, 0) is 4.79 Å². The molecule has 0 heterocycles. The number of nitrogens with one attached hydrogen (secondary N) is 2. The van der Waals surface area contributed by atoms with Crippen molar-refractivity contribution in [2.45, 2.75) is 24.0 Å². The topological polar surface area (TPSA) is 58.2 Å². The second-order valence-electron chi connectivity index (χ2n) is 8.27. The van der Waals surface area contributed by atoms with Crippen LogP contribution in [0.4, 0.5) is 11.4 Å². The van der Waals surface area contributed by atoms with E-state index in [2.05, 4.69) is 10.6 Å². The van der Waals surface area contributed by atoms with Crippen molar-refractivity contribution < 1.29 is 9.59 Å². The van der Waals surface area contributed by atoms with Gasteiger partial charge in [-0.2, -0.15) is 0 Å². The molecule has 4 rings (SSSR count). The van der Waals surface area contributed by atoms with Crippen LogP contribution in [0.25, 0.3) is 0 Å². The fourth-order valence-electron chi connectivity index (χ4n) is 3.76. The van der Waals surface area contributed by atoms with E-state index in [1.165, 1.54) is 17.8 Å². The molecule has 0 aromatic heterocycles. The number of thioether (sulfide) groups is 1. The number of hydrogen-bond acceptors (Lipinski definition) is 3. The molecule has 4 aromatic rings. The summed E-state index contributed by atoms with van der Waals surface area (Å²) in [4.78, 5) is 27.1. The highest BCUT2D eigenvalue weighted by molar-refractivity contribution is 8.00. The summed E-state index contributed by atoms with van der Waals surface area (Å²) in [5.74, 6) is -0.461. The van der Waals surface area contributed by atoms with Crippen molar-refractivity contribution in [1.29, 1.82) is 0 Å². The number of rotatable bonds is 7. The summed E-state index contributed by atoms with van der Waals surface area (Å²) in [5, 5.41) is 6.23. The van der Waals surface area contributed by atoms with Crippen LogP contribution in [0, 0.1) is 13.8 Å². The summed E-state index contributed by atoms with van der Waals surface area (Å²) in [6.45, 7) is 3.96. The molecule has 2 N–H and O–H groups in total. The van der Waals surface area contributed by atoms with Gasteiger partial charge in [0, 0.05) is 21.3 Å². The Bertz CT molecular complexity index is 1390. The molecule has 0 fully saturated rings. The fourth-order valence-corrected chi connectivity index (χ4v) is 5.33. The van der Waals surface area contributed by atoms with Crippen LogP contribution in [0.3, 0.4) is 0 Å². The van der Waals surface area contributed by atoms with Crippen LogP contribution in [0.15, 0.2) is 95.9 Å². The maximum atomic E-state index is 13.5. The van der Waals surface area contributed by atoms with Gasteiger partial charge in [0.05, 0.1) is 10.6 Å². The molecule has 0 aliphatic carbocycles. The van der Waals surface area contributed by atoms with Gasteiger partial charge in [-0.15, -0.1) is 11.8 Å². The average molecular weight is 535 g/mol. The first-order chi connectivity index (χ1) is 17.3. The molecule has 36 heavy (non-hydrogen) atoms. The van der Waals surface area contributed by atoms with Crippen molar-refractivity contribution in [3.8, 4) is 0 Å². The van der Waals surface area contributed by atoms with Crippen molar-refractivity contribution >= 4 is 58.2 Å². The van der Waals surface area contributed by atoms with Crippen LogP contribution < -0.4 is 10.6 Å². The number of aryl methyl sites for hydroxylation is 2. The van der Waals surface area contributed by atoms with Gasteiger partial charge in [0.15, 0.2) is 0 Å². The lowest BCUT2D eigenvalue weighted by molar-refractivity contribution is -0.115. The number of benzene rings is 4. The van der Waals surface area contributed by atoms with E-state index in [1.807, 2.05) is 80.6 Å². The number of para-hydroxylation sites is 1. The summed E-state index contributed by atoms with van der Waals surface area (Å²) in [6, 6.07) is 27.7. The lowest BCUT2D eigenvalue weighted by Gasteiger charge is -2.19. The molecule has 0 radical (unpaired) electrons. The molecule has 0 saturated carbocycles. The quantitative estimate of drug-likeness (QED) is 0.234. The molecule has 182 valence electrons. The minimum atomic E-state index is -0.498. The van der Waals surface area contributed by atoms with Gasteiger partial charge in [0.2, 0.25) is 5.91 Å². The number of carbonyl (C=O) groups excluding carboxylic acids is 2.